The highest BCUT2D eigenvalue weighted by atomic mass is 16.9. The summed E-state index contributed by atoms with van der Waals surface area (Å²) in [7, 11) is 0. The lowest BCUT2D eigenvalue weighted by Gasteiger charge is -2.32. The molecule has 2 N–H and O–H groups in total. The van der Waals surface area contributed by atoms with E-state index in [4.69, 9.17) is 9.47 Å². The van der Waals surface area contributed by atoms with Gasteiger partial charge >= 0.3 is 11.9 Å². The van der Waals surface area contributed by atoms with E-state index in [-0.39, 0.29) is 49.1 Å². The summed E-state index contributed by atoms with van der Waals surface area (Å²) in [5.41, 5.74) is 1.37. The maximum Gasteiger partial charge on any atom is 0.315 e. The van der Waals surface area contributed by atoms with Crippen molar-refractivity contribution in [2.75, 3.05) is 19.8 Å². The Hall–Kier alpha value is -3.56. The van der Waals surface area contributed by atoms with Gasteiger partial charge in [0, 0.05) is 18.4 Å². The van der Waals surface area contributed by atoms with Gasteiger partial charge in [-0.1, -0.05) is 18.2 Å². The number of phenolic OH excluding ortho intramolecular Hbond substituents is 2. The number of hydrogen-bond acceptors (Lipinski definition) is 9. The van der Waals surface area contributed by atoms with Crippen LogP contribution < -0.4 is 0 Å². The number of nitrogens with zero attached hydrogens (tertiary/aromatic N) is 1. The third kappa shape index (κ3) is 8.23. The van der Waals surface area contributed by atoms with Crippen molar-refractivity contribution in [2.45, 2.75) is 71.1 Å². The lowest BCUT2D eigenvalue weighted by molar-refractivity contribution is -0.757. The molecule has 0 radical (unpaired) electrons. The second-order valence-electron chi connectivity index (χ2n) is 9.93. The predicted molar refractivity (Wildman–Crippen MR) is 136 cm³/mol. The molecule has 0 amide bonds. The van der Waals surface area contributed by atoms with Gasteiger partial charge in [-0.2, -0.15) is 0 Å². The molecular weight excluding hydrogens is 482 g/mol. The normalized spacial score (nSPS) is 17.5. The summed E-state index contributed by atoms with van der Waals surface area (Å²) in [5.74, 6) is -1.61. The van der Waals surface area contributed by atoms with Crippen LogP contribution in [0.15, 0.2) is 35.9 Å². The predicted octanol–water partition coefficient (Wildman–Crippen LogP) is 4.86. The molecule has 1 aliphatic carbocycles. The number of rotatable bonds is 13. The van der Waals surface area contributed by atoms with E-state index in [0.717, 1.165) is 17.6 Å². The Labute approximate surface area is 217 Å². The first-order valence-electron chi connectivity index (χ1n) is 12.3. The molecule has 0 bridgehead atoms. The SMILES string of the molecule is C=C(C)[C@H]1CCC(COC(C)=O)=C[C@@H]1c1c(O)cc(C(C)(C)C(=O)OCCCCCO[N+](=O)[O-])cc1O. The van der Waals surface area contributed by atoms with Crippen molar-refractivity contribution in [3.63, 3.8) is 0 Å². The highest BCUT2D eigenvalue weighted by Gasteiger charge is 2.36. The largest absolute Gasteiger partial charge is 0.507 e. The zero-order valence-electron chi connectivity index (χ0n) is 22.0. The van der Waals surface area contributed by atoms with Crippen LogP contribution in [0.25, 0.3) is 0 Å². The summed E-state index contributed by atoms with van der Waals surface area (Å²) in [5, 5.41) is 31.3. The van der Waals surface area contributed by atoms with Crippen LogP contribution >= 0.6 is 0 Å². The minimum atomic E-state index is -1.15. The molecule has 2 atom stereocenters. The molecule has 0 fully saturated rings. The van der Waals surface area contributed by atoms with Gasteiger partial charge < -0.3 is 24.5 Å². The van der Waals surface area contributed by atoms with Crippen LogP contribution in [0, 0.1) is 16.0 Å². The van der Waals surface area contributed by atoms with Gasteiger partial charge in [-0.15, -0.1) is 10.1 Å². The number of carbonyl (C=O) groups excluding carboxylic acids is 2. The highest BCUT2D eigenvalue weighted by Crippen LogP contribution is 2.47. The fourth-order valence-corrected chi connectivity index (χ4v) is 4.43. The van der Waals surface area contributed by atoms with Gasteiger partial charge in [-0.05, 0) is 82.1 Å². The maximum atomic E-state index is 12.8. The van der Waals surface area contributed by atoms with Crippen LogP contribution in [-0.4, -0.2) is 47.1 Å². The molecule has 2 rings (SSSR count). The third-order valence-electron chi connectivity index (χ3n) is 6.64. The third-order valence-corrected chi connectivity index (χ3v) is 6.64. The van der Waals surface area contributed by atoms with Crippen molar-refractivity contribution in [2.24, 2.45) is 5.92 Å². The maximum absolute atomic E-state index is 12.8. The molecule has 10 heteroatoms. The van der Waals surface area contributed by atoms with E-state index >= 15 is 0 Å². The molecule has 1 aromatic rings. The molecule has 0 spiro atoms. The molecule has 37 heavy (non-hydrogen) atoms. The lowest BCUT2D eigenvalue weighted by Crippen LogP contribution is -2.31. The number of allylic oxidation sites excluding steroid dienone is 2. The summed E-state index contributed by atoms with van der Waals surface area (Å²) in [4.78, 5) is 38.4. The molecule has 0 saturated carbocycles. The zero-order chi connectivity index (χ0) is 27.8. The monoisotopic (exact) mass is 519 g/mol. The van der Waals surface area contributed by atoms with Crippen molar-refractivity contribution >= 4 is 11.9 Å². The van der Waals surface area contributed by atoms with E-state index in [1.54, 1.807) is 13.8 Å². The summed E-state index contributed by atoms with van der Waals surface area (Å²) >= 11 is 0. The quantitative estimate of drug-likeness (QED) is 0.123. The van der Waals surface area contributed by atoms with Crippen LogP contribution in [0.3, 0.4) is 0 Å². The standard InChI is InChI=1S/C27H37NO9/c1-17(2)21-10-9-19(16-36-18(3)29)13-22(21)25-23(30)14-20(15-24(25)31)27(4,5)26(32)35-11-7-6-8-12-37-28(33)34/h13-15,21-22,30-31H,1,6-12,16H2,2-5H3/t21-,22+/m1/s1. The van der Waals surface area contributed by atoms with E-state index < -0.39 is 16.5 Å². The number of unbranched alkanes of at least 4 members (excludes halogenated alkanes) is 2. The lowest BCUT2D eigenvalue weighted by atomic mass is 9.73. The molecular formula is C27H37NO9. The number of aromatic hydroxyl groups is 2. The van der Waals surface area contributed by atoms with E-state index in [1.165, 1.54) is 19.1 Å². The Morgan fingerprint density at radius 2 is 1.73 bits per heavy atom. The average Bonchev–Trinajstić information content (AvgIpc) is 2.81. The van der Waals surface area contributed by atoms with Crippen molar-refractivity contribution in [3.8, 4) is 11.5 Å². The van der Waals surface area contributed by atoms with E-state index in [1.807, 2.05) is 13.0 Å². The first kappa shape index (κ1) is 29.7. The van der Waals surface area contributed by atoms with Crippen molar-refractivity contribution in [3.05, 3.63) is 57.2 Å². The summed E-state index contributed by atoms with van der Waals surface area (Å²) < 4.78 is 10.5. The molecule has 10 nitrogen and oxygen atoms in total. The topological polar surface area (TPSA) is 145 Å². The molecule has 0 unspecified atom stereocenters. The fourth-order valence-electron chi connectivity index (χ4n) is 4.43. The van der Waals surface area contributed by atoms with E-state index in [2.05, 4.69) is 11.4 Å². The summed E-state index contributed by atoms with van der Waals surface area (Å²) in [6, 6.07) is 2.93. The molecule has 204 valence electrons. The van der Waals surface area contributed by atoms with Crippen LogP contribution in [0.1, 0.15) is 76.8 Å². The van der Waals surface area contributed by atoms with Crippen LogP contribution in [0.5, 0.6) is 11.5 Å². The van der Waals surface area contributed by atoms with Gasteiger partial charge in [0.05, 0.1) is 18.6 Å². The van der Waals surface area contributed by atoms with Gasteiger partial charge in [-0.25, -0.2) is 0 Å². The van der Waals surface area contributed by atoms with Crippen molar-refractivity contribution < 1.29 is 39.2 Å². The Balaban J connectivity index is 2.17. The number of carbonyl (C=O) groups is 2. The first-order valence-corrected chi connectivity index (χ1v) is 12.3. The Bertz CT molecular complexity index is 1020. The average molecular weight is 520 g/mol. The van der Waals surface area contributed by atoms with Gasteiger partial charge in [0.1, 0.15) is 18.1 Å². The second kappa shape index (κ2) is 13.1. The van der Waals surface area contributed by atoms with Crippen LogP contribution in [-0.2, 0) is 29.3 Å². The molecule has 0 aliphatic heterocycles. The number of esters is 2. The Morgan fingerprint density at radius 3 is 2.30 bits per heavy atom. The first-order chi connectivity index (χ1) is 17.3. The van der Waals surface area contributed by atoms with Gasteiger partial charge in [0.25, 0.3) is 5.09 Å². The fraction of sp³-hybridized carbons (Fsp3) is 0.556. The second-order valence-corrected chi connectivity index (χ2v) is 9.93. The van der Waals surface area contributed by atoms with E-state index in [0.29, 0.717) is 36.8 Å². The minimum absolute atomic E-state index is 0.00892. The molecule has 0 heterocycles. The van der Waals surface area contributed by atoms with Crippen LogP contribution in [0.4, 0.5) is 0 Å². The zero-order valence-corrected chi connectivity index (χ0v) is 22.0. The van der Waals surface area contributed by atoms with Gasteiger partial charge in [-0.3, -0.25) is 9.59 Å². The van der Waals surface area contributed by atoms with Gasteiger partial charge in [0.15, 0.2) is 0 Å². The Kier molecular flexibility index (Phi) is 10.5. The molecule has 0 aromatic heterocycles. The highest BCUT2D eigenvalue weighted by molar-refractivity contribution is 5.82. The number of hydrogen-bond donors (Lipinski definition) is 2. The number of benzene rings is 1. The smallest absolute Gasteiger partial charge is 0.315 e. The molecule has 1 aliphatic rings. The van der Waals surface area contributed by atoms with E-state index in [9.17, 15) is 29.9 Å². The number of phenols is 2. The summed E-state index contributed by atoms with van der Waals surface area (Å²) in [6.45, 7) is 10.9. The summed E-state index contributed by atoms with van der Waals surface area (Å²) in [6.07, 6.45) is 4.93. The Morgan fingerprint density at radius 1 is 1.11 bits per heavy atom. The number of ether oxygens (including phenoxy) is 2. The van der Waals surface area contributed by atoms with Crippen molar-refractivity contribution in [1.29, 1.82) is 0 Å². The van der Waals surface area contributed by atoms with Crippen LogP contribution in [0.2, 0.25) is 0 Å². The molecule has 0 saturated heterocycles. The van der Waals surface area contributed by atoms with Gasteiger partial charge in [0.2, 0.25) is 0 Å². The van der Waals surface area contributed by atoms with Crippen molar-refractivity contribution in [1.82, 2.24) is 0 Å². The minimum Gasteiger partial charge on any atom is -0.507 e. The molecule has 1 aromatic carbocycles.